The van der Waals surface area contributed by atoms with E-state index in [1.807, 2.05) is 13.8 Å². The highest BCUT2D eigenvalue weighted by atomic mass is 16.5. The van der Waals surface area contributed by atoms with E-state index in [-0.39, 0.29) is 29.2 Å². The largest absolute Gasteiger partial charge is 0.465 e. The molecule has 106 valence electrons. The summed E-state index contributed by atoms with van der Waals surface area (Å²) in [5, 5.41) is 9.98. The second-order valence-electron chi connectivity index (χ2n) is 6.48. The number of rotatable bonds is 3. The number of nitrogens with zero attached hydrogens (tertiary/aromatic N) is 1. The highest BCUT2D eigenvalue weighted by Gasteiger charge is 2.48. The maximum atomic E-state index is 12.0. The molecule has 0 bridgehead atoms. The number of hydrogen-bond donors (Lipinski definition) is 1. The zero-order valence-corrected chi connectivity index (χ0v) is 12.5. The Hall–Kier alpha value is -0.610. The molecular weight excluding hydrogens is 230 g/mol. The zero-order valence-electron chi connectivity index (χ0n) is 12.5. The van der Waals surface area contributed by atoms with E-state index in [9.17, 15) is 9.90 Å². The second kappa shape index (κ2) is 5.17. The summed E-state index contributed by atoms with van der Waals surface area (Å²) in [6.07, 6.45) is 1.06. The Bertz CT molecular complexity index is 294. The first-order chi connectivity index (χ1) is 8.12. The van der Waals surface area contributed by atoms with Crippen LogP contribution in [0.4, 0.5) is 0 Å². The summed E-state index contributed by atoms with van der Waals surface area (Å²) >= 11 is 0. The molecule has 0 aromatic rings. The lowest BCUT2D eigenvalue weighted by Crippen LogP contribution is -2.66. The Morgan fingerprint density at radius 2 is 1.78 bits per heavy atom. The van der Waals surface area contributed by atoms with Crippen LogP contribution in [0.25, 0.3) is 0 Å². The Morgan fingerprint density at radius 3 is 2.17 bits per heavy atom. The van der Waals surface area contributed by atoms with Crippen LogP contribution in [-0.2, 0) is 9.53 Å². The van der Waals surface area contributed by atoms with Gasteiger partial charge in [0.1, 0.15) is 6.04 Å². The molecule has 0 spiro atoms. The number of ether oxygens (including phenoxy) is 1. The fourth-order valence-corrected chi connectivity index (χ4v) is 3.66. The predicted octanol–water partition coefficient (Wildman–Crippen LogP) is 1.95. The summed E-state index contributed by atoms with van der Waals surface area (Å²) in [6, 6.07) is -0.289. The maximum Gasteiger partial charge on any atom is 0.323 e. The van der Waals surface area contributed by atoms with Crippen molar-refractivity contribution in [2.75, 3.05) is 6.61 Å². The monoisotopic (exact) mass is 257 g/mol. The van der Waals surface area contributed by atoms with E-state index in [0.717, 1.165) is 0 Å². The van der Waals surface area contributed by atoms with Crippen LogP contribution in [0.3, 0.4) is 0 Å². The van der Waals surface area contributed by atoms with Crippen molar-refractivity contribution in [2.45, 2.75) is 77.6 Å². The van der Waals surface area contributed by atoms with Gasteiger partial charge in [-0.2, -0.15) is 0 Å². The minimum atomic E-state index is -0.305. The van der Waals surface area contributed by atoms with E-state index in [0.29, 0.717) is 19.4 Å². The molecule has 0 saturated carbocycles. The van der Waals surface area contributed by atoms with Crippen molar-refractivity contribution in [3.05, 3.63) is 0 Å². The maximum absolute atomic E-state index is 12.0. The third kappa shape index (κ3) is 3.04. The van der Waals surface area contributed by atoms with Crippen molar-refractivity contribution in [1.82, 2.24) is 4.90 Å². The molecular formula is C14H27NO3. The van der Waals surface area contributed by atoms with Gasteiger partial charge in [-0.15, -0.1) is 0 Å². The average Bonchev–Trinajstić information content (AvgIpc) is 2.12. The number of aliphatic hydroxyl groups excluding tert-OH is 1. The summed E-state index contributed by atoms with van der Waals surface area (Å²) < 4.78 is 5.13. The lowest BCUT2D eigenvalue weighted by molar-refractivity contribution is -0.163. The number of piperidine rings is 1. The zero-order chi connectivity index (χ0) is 14.1. The van der Waals surface area contributed by atoms with Crippen LogP contribution in [0.15, 0.2) is 0 Å². The van der Waals surface area contributed by atoms with Gasteiger partial charge in [-0.05, 0) is 54.4 Å². The topological polar surface area (TPSA) is 49.8 Å². The lowest BCUT2D eigenvalue weighted by Gasteiger charge is -2.56. The summed E-state index contributed by atoms with van der Waals surface area (Å²) in [6.45, 7) is 12.4. The molecule has 0 aromatic heterocycles. The molecule has 0 amide bonds. The molecule has 1 N–H and O–H groups in total. The third-order valence-corrected chi connectivity index (χ3v) is 3.79. The molecule has 0 aliphatic carbocycles. The highest BCUT2D eigenvalue weighted by Crippen LogP contribution is 2.40. The van der Waals surface area contributed by atoms with Gasteiger partial charge in [-0.3, -0.25) is 9.69 Å². The first-order valence-electron chi connectivity index (χ1n) is 6.76. The summed E-state index contributed by atoms with van der Waals surface area (Å²) in [4.78, 5) is 14.2. The normalized spacial score (nSPS) is 25.7. The first kappa shape index (κ1) is 15.4. The van der Waals surface area contributed by atoms with Gasteiger partial charge in [0.05, 0.1) is 12.7 Å². The van der Waals surface area contributed by atoms with Gasteiger partial charge in [-0.25, -0.2) is 0 Å². The Morgan fingerprint density at radius 1 is 1.33 bits per heavy atom. The Kier molecular flexibility index (Phi) is 4.44. The lowest BCUT2D eigenvalue weighted by atomic mass is 9.77. The molecule has 1 unspecified atom stereocenters. The first-order valence-corrected chi connectivity index (χ1v) is 6.76. The van der Waals surface area contributed by atoms with Crippen LogP contribution >= 0.6 is 0 Å². The molecule has 0 radical (unpaired) electrons. The SMILES string of the molecule is CCOC(=O)C(C)N1C(C)(C)CC(O)CC1(C)C. The van der Waals surface area contributed by atoms with Gasteiger partial charge in [0.25, 0.3) is 0 Å². The van der Waals surface area contributed by atoms with E-state index < -0.39 is 0 Å². The van der Waals surface area contributed by atoms with Crippen LogP contribution in [0.2, 0.25) is 0 Å². The number of carbonyl (C=O) groups is 1. The van der Waals surface area contributed by atoms with Crippen LogP contribution in [0.1, 0.15) is 54.4 Å². The van der Waals surface area contributed by atoms with Crippen molar-refractivity contribution in [1.29, 1.82) is 0 Å². The molecule has 4 nitrogen and oxygen atoms in total. The minimum Gasteiger partial charge on any atom is -0.465 e. The number of aliphatic hydroxyl groups is 1. The number of likely N-dealkylation sites (tertiary alicyclic amines) is 1. The quantitative estimate of drug-likeness (QED) is 0.785. The second-order valence-corrected chi connectivity index (χ2v) is 6.48. The number of carbonyl (C=O) groups excluding carboxylic acids is 1. The average molecular weight is 257 g/mol. The van der Waals surface area contributed by atoms with Crippen molar-refractivity contribution >= 4 is 5.97 Å². The van der Waals surface area contributed by atoms with Gasteiger partial charge >= 0.3 is 5.97 Å². The van der Waals surface area contributed by atoms with E-state index >= 15 is 0 Å². The van der Waals surface area contributed by atoms with Gasteiger partial charge in [-0.1, -0.05) is 0 Å². The van der Waals surface area contributed by atoms with E-state index in [1.54, 1.807) is 0 Å². The molecule has 18 heavy (non-hydrogen) atoms. The Labute approximate surface area is 110 Å². The molecule has 1 saturated heterocycles. The Balaban J connectivity index is 2.98. The molecule has 4 heteroatoms. The van der Waals surface area contributed by atoms with E-state index in [2.05, 4.69) is 32.6 Å². The molecule has 1 rings (SSSR count). The smallest absolute Gasteiger partial charge is 0.323 e. The fraction of sp³-hybridized carbons (Fsp3) is 0.929. The van der Waals surface area contributed by atoms with E-state index in [4.69, 9.17) is 4.74 Å². The molecule has 1 aliphatic heterocycles. The van der Waals surface area contributed by atoms with Crippen LogP contribution in [0.5, 0.6) is 0 Å². The standard InChI is InChI=1S/C14H27NO3/c1-7-18-12(17)10(2)15-13(3,4)8-11(16)9-14(15,5)6/h10-11,16H,7-9H2,1-6H3. The van der Waals surface area contributed by atoms with Crippen molar-refractivity contribution in [3.8, 4) is 0 Å². The molecule has 1 atom stereocenters. The molecule has 0 aromatic carbocycles. The van der Waals surface area contributed by atoms with Gasteiger partial charge in [0, 0.05) is 11.1 Å². The number of esters is 1. The van der Waals surface area contributed by atoms with Gasteiger partial charge < -0.3 is 9.84 Å². The van der Waals surface area contributed by atoms with Crippen LogP contribution in [-0.4, -0.2) is 45.8 Å². The molecule has 1 heterocycles. The summed E-state index contributed by atoms with van der Waals surface area (Å²) in [5.41, 5.74) is -0.430. The van der Waals surface area contributed by atoms with Crippen LogP contribution < -0.4 is 0 Å². The van der Waals surface area contributed by atoms with Gasteiger partial charge in [0.2, 0.25) is 0 Å². The predicted molar refractivity (Wildman–Crippen MR) is 71.3 cm³/mol. The molecule has 1 fully saturated rings. The van der Waals surface area contributed by atoms with Crippen molar-refractivity contribution in [3.63, 3.8) is 0 Å². The summed E-state index contributed by atoms with van der Waals surface area (Å²) in [7, 11) is 0. The van der Waals surface area contributed by atoms with Crippen LogP contribution in [0, 0.1) is 0 Å². The summed E-state index contributed by atoms with van der Waals surface area (Å²) in [5.74, 6) is -0.185. The number of hydrogen-bond acceptors (Lipinski definition) is 4. The third-order valence-electron chi connectivity index (χ3n) is 3.79. The van der Waals surface area contributed by atoms with Crippen molar-refractivity contribution in [2.24, 2.45) is 0 Å². The highest BCUT2D eigenvalue weighted by molar-refractivity contribution is 5.75. The molecule has 1 aliphatic rings. The fourth-order valence-electron chi connectivity index (χ4n) is 3.66. The van der Waals surface area contributed by atoms with Crippen molar-refractivity contribution < 1.29 is 14.6 Å². The minimum absolute atomic E-state index is 0.185. The van der Waals surface area contributed by atoms with E-state index in [1.165, 1.54) is 0 Å². The van der Waals surface area contributed by atoms with Gasteiger partial charge in [0.15, 0.2) is 0 Å².